The van der Waals surface area contributed by atoms with Gasteiger partial charge in [0.25, 0.3) is 0 Å². The van der Waals surface area contributed by atoms with Crippen molar-refractivity contribution in [1.29, 1.82) is 0 Å². The van der Waals surface area contributed by atoms with Crippen LogP contribution in [-0.4, -0.2) is 16.1 Å². The maximum absolute atomic E-state index is 12.8. The van der Waals surface area contributed by atoms with Crippen molar-refractivity contribution >= 4 is 17.6 Å². The highest BCUT2D eigenvalue weighted by atomic mass is 16.2. The molecule has 1 atom stereocenters. The average molecular weight is 307 g/mol. The first-order chi connectivity index (χ1) is 10.9. The van der Waals surface area contributed by atoms with Crippen LogP contribution in [0.25, 0.3) is 6.08 Å². The molecule has 0 aliphatic heterocycles. The van der Waals surface area contributed by atoms with Crippen molar-refractivity contribution in [3.8, 4) is 0 Å². The van der Waals surface area contributed by atoms with Gasteiger partial charge in [0.05, 0.1) is 0 Å². The van der Waals surface area contributed by atoms with Crippen molar-refractivity contribution in [3.63, 3.8) is 0 Å². The van der Waals surface area contributed by atoms with E-state index >= 15 is 0 Å². The summed E-state index contributed by atoms with van der Waals surface area (Å²) in [7, 11) is 1.93. The Labute approximate surface area is 136 Å². The molecule has 0 bridgehead atoms. The largest absolute Gasteiger partial charge is 0.351 e. The number of hydrogen-bond acceptors (Lipinski definition) is 2. The normalized spacial score (nSPS) is 19.8. The Hall–Kier alpha value is -2.42. The number of aromatic nitrogens is 1. The molecule has 0 N–H and O–H groups in total. The molecule has 3 nitrogen and oxygen atoms in total. The highest BCUT2D eigenvalue weighted by Gasteiger charge is 2.39. The number of rotatable bonds is 2. The number of carbonyl (C=O) groups is 2. The molecular weight excluding hydrogens is 286 g/mol. The minimum atomic E-state index is -0.637. The number of benzene rings is 1. The van der Waals surface area contributed by atoms with Crippen molar-refractivity contribution in [2.75, 3.05) is 0 Å². The van der Waals surface area contributed by atoms with Gasteiger partial charge in [0, 0.05) is 30.9 Å². The van der Waals surface area contributed by atoms with Crippen LogP contribution in [-0.2, 0) is 16.6 Å². The predicted molar refractivity (Wildman–Crippen MR) is 91.4 cm³/mol. The highest BCUT2D eigenvalue weighted by Crippen LogP contribution is 2.36. The fourth-order valence-electron chi connectivity index (χ4n) is 3.57. The zero-order valence-corrected chi connectivity index (χ0v) is 14.0. The molecule has 1 heterocycles. The Kier molecular flexibility index (Phi) is 3.80. The highest BCUT2D eigenvalue weighted by molar-refractivity contribution is 6.24. The second-order valence-electron chi connectivity index (χ2n) is 6.47. The summed E-state index contributed by atoms with van der Waals surface area (Å²) in [5.74, 6) is -0.682. The van der Waals surface area contributed by atoms with E-state index in [0.717, 1.165) is 27.9 Å². The first kappa shape index (κ1) is 15.5. The number of nitrogens with zero attached hydrogens (tertiary/aromatic N) is 1. The SMILES string of the molecule is Cc1cc(C)c(C2C(=O)C/C(=C\c3cccn3C)C2=O)c(C)c1. The second-order valence-corrected chi connectivity index (χ2v) is 6.47. The van der Waals surface area contributed by atoms with Crippen molar-refractivity contribution in [2.45, 2.75) is 33.1 Å². The van der Waals surface area contributed by atoms with Gasteiger partial charge in [-0.1, -0.05) is 17.7 Å². The summed E-state index contributed by atoms with van der Waals surface area (Å²) in [5, 5.41) is 0. The first-order valence-corrected chi connectivity index (χ1v) is 7.85. The molecule has 1 fully saturated rings. The molecular formula is C20H21NO2. The Morgan fingerprint density at radius 1 is 1.13 bits per heavy atom. The Morgan fingerprint density at radius 3 is 2.35 bits per heavy atom. The van der Waals surface area contributed by atoms with Crippen molar-refractivity contribution in [1.82, 2.24) is 4.57 Å². The number of Topliss-reactive ketones (excluding diaryl/α,β-unsaturated/α-hetero) is 2. The van der Waals surface area contributed by atoms with Crippen LogP contribution in [0.4, 0.5) is 0 Å². The molecule has 1 aliphatic rings. The third-order valence-electron chi connectivity index (χ3n) is 4.60. The average Bonchev–Trinajstić information content (AvgIpc) is 2.97. The Balaban J connectivity index is 2.03. The number of carbonyl (C=O) groups excluding carboxylic acids is 2. The molecule has 0 spiro atoms. The molecule has 1 aromatic carbocycles. The molecule has 0 saturated heterocycles. The number of allylic oxidation sites excluding steroid dienone is 1. The van der Waals surface area contributed by atoms with Crippen molar-refractivity contribution in [3.05, 3.63) is 64.0 Å². The van der Waals surface area contributed by atoms with Crippen LogP contribution in [0, 0.1) is 20.8 Å². The molecule has 1 aromatic heterocycles. The monoisotopic (exact) mass is 307 g/mol. The lowest BCUT2D eigenvalue weighted by molar-refractivity contribution is -0.123. The predicted octanol–water partition coefficient (Wildman–Crippen LogP) is 3.66. The lowest BCUT2D eigenvalue weighted by Crippen LogP contribution is -2.15. The third-order valence-corrected chi connectivity index (χ3v) is 4.60. The summed E-state index contributed by atoms with van der Waals surface area (Å²) in [4.78, 5) is 25.4. The van der Waals surface area contributed by atoms with Gasteiger partial charge >= 0.3 is 0 Å². The van der Waals surface area contributed by atoms with Gasteiger partial charge in [0.1, 0.15) is 5.92 Å². The first-order valence-electron chi connectivity index (χ1n) is 7.85. The molecule has 3 rings (SSSR count). The fraction of sp³-hybridized carbons (Fsp3) is 0.300. The van der Waals surface area contributed by atoms with E-state index in [9.17, 15) is 9.59 Å². The van der Waals surface area contributed by atoms with Crippen LogP contribution in [0.1, 0.15) is 40.3 Å². The van der Waals surface area contributed by atoms with Gasteiger partial charge in [-0.15, -0.1) is 0 Å². The molecule has 1 saturated carbocycles. The van der Waals surface area contributed by atoms with E-state index in [1.54, 1.807) is 0 Å². The standard InChI is InChI=1S/C20H21NO2/c1-12-8-13(2)18(14(3)9-12)19-17(22)11-15(20(19)23)10-16-6-5-7-21(16)4/h5-10,19H,11H2,1-4H3/b15-10+. The maximum atomic E-state index is 12.8. The summed E-state index contributed by atoms with van der Waals surface area (Å²) in [6.45, 7) is 5.99. The van der Waals surface area contributed by atoms with E-state index < -0.39 is 5.92 Å². The topological polar surface area (TPSA) is 39.1 Å². The fourth-order valence-corrected chi connectivity index (χ4v) is 3.57. The Bertz CT molecular complexity index is 816. The van der Waals surface area contributed by atoms with E-state index in [4.69, 9.17) is 0 Å². The second kappa shape index (κ2) is 5.65. The van der Waals surface area contributed by atoms with Gasteiger partial charge in [-0.2, -0.15) is 0 Å². The minimum Gasteiger partial charge on any atom is -0.351 e. The maximum Gasteiger partial charge on any atom is 0.174 e. The van der Waals surface area contributed by atoms with Crippen LogP contribution in [0.3, 0.4) is 0 Å². The van der Waals surface area contributed by atoms with E-state index in [1.165, 1.54) is 0 Å². The summed E-state index contributed by atoms with van der Waals surface area (Å²) in [5.41, 5.74) is 5.64. The van der Waals surface area contributed by atoms with Gasteiger partial charge in [-0.05, 0) is 55.7 Å². The lowest BCUT2D eigenvalue weighted by atomic mass is 9.87. The zero-order chi connectivity index (χ0) is 16.7. The van der Waals surface area contributed by atoms with Gasteiger partial charge in [0.15, 0.2) is 11.6 Å². The van der Waals surface area contributed by atoms with Crippen LogP contribution in [0.5, 0.6) is 0 Å². The number of aryl methyl sites for hydroxylation is 4. The van der Waals surface area contributed by atoms with Gasteiger partial charge in [-0.3, -0.25) is 9.59 Å². The van der Waals surface area contributed by atoms with Gasteiger partial charge < -0.3 is 4.57 Å². The minimum absolute atomic E-state index is 0.00510. The summed E-state index contributed by atoms with van der Waals surface area (Å²) in [6.07, 6.45) is 4.00. The van der Waals surface area contributed by atoms with Crippen molar-refractivity contribution < 1.29 is 9.59 Å². The number of hydrogen-bond donors (Lipinski definition) is 0. The molecule has 118 valence electrons. The quantitative estimate of drug-likeness (QED) is 0.627. The lowest BCUT2D eigenvalue weighted by Gasteiger charge is -2.15. The summed E-state index contributed by atoms with van der Waals surface area (Å²) >= 11 is 0. The van der Waals surface area contributed by atoms with Crippen LogP contribution < -0.4 is 0 Å². The molecule has 23 heavy (non-hydrogen) atoms. The third kappa shape index (κ3) is 2.67. The Morgan fingerprint density at radius 2 is 1.78 bits per heavy atom. The molecule has 0 amide bonds. The van der Waals surface area contributed by atoms with Crippen LogP contribution in [0.15, 0.2) is 36.0 Å². The summed E-state index contributed by atoms with van der Waals surface area (Å²) < 4.78 is 1.94. The summed E-state index contributed by atoms with van der Waals surface area (Å²) in [6, 6.07) is 7.96. The van der Waals surface area contributed by atoms with Crippen molar-refractivity contribution in [2.24, 2.45) is 7.05 Å². The molecule has 3 heteroatoms. The van der Waals surface area contributed by atoms with Gasteiger partial charge in [-0.25, -0.2) is 0 Å². The van der Waals surface area contributed by atoms with Crippen LogP contribution >= 0.6 is 0 Å². The molecule has 2 aromatic rings. The van der Waals surface area contributed by atoms with E-state index in [-0.39, 0.29) is 18.0 Å². The molecule has 0 radical (unpaired) electrons. The van der Waals surface area contributed by atoms with E-state index in [1.807, 2.05) is 68.9 Å². The van der Waals surface area contributed by atoms with Crippen LogP contribution in [0.2, 0.25) is 0 Å². The van der Waals surface area contributed by atoms with E-state index in [0.29, 0.717) is 5.57 Å². The van der Waals surface area contributed by atoms with E-state index in [2.05, 4.69) is 0 Å². The molecule has 1 aliphatic carbocycles. The number of ketones is 2. The van der Waals surface area contributed by atoms with Gasteiger partial charge in [0.2, 0.25) is 0 Å². The molecule has 1 unspecified atom stereocenters. The zero-order valence-electron chi connectivity index (χ0n) is 14.0. The smallest absolute Gasteiger partial charge is 0.174 e.